The van der Waals surface area contributed by atoms with E-state index in [2.05, 4.69) is 28.6 Å². The van der Waals surface area contributed by atoms with Gasteiger partial charge in [-0.25, -0.2) is 0 Å². The molecule has 0 atom stereocenters. The minimum Gasteiger partial charge on any atom is -0.314 e. The Bertz CT molecular complexity index is 381. The van der Waals surface area contributed by atoms with Gasteiger partial charge in [0.15, 0.2) is 0 Å². The molecule has 0 spiro atoms. The summed E-state index contributed by atoms with van der Waals surface area (Å²) in [6.07, 6.45) is 9.38. The van der Waals surface area contributed by atoms with E-state index in [4.69, 9.17) is 11.6 Å². The summed E-state index contributed by atoms with van der Waals surface area (Å²) in [6, 6.07) is 0. The molecular formula is C15H26ClN3. The summed E-state index contributed by atoms with van der Waals surface area (Å²) < 4.78 is 2.24. The molecular weight excluding hydrogens is 258 g/mol. The summed E-state index contributed by atoms with van der Waals surface area (Å²) in [5.41, 5.74) is 0. The summed E-state index contributed by atoms with van der Waals surface area (Å²) in [5, 5.41) is 8.59. The summed E-state index contributed by atoms with van der Waals surface area (Å²) >= 11 is 5.95. The van der Waals surface area contributed by atoms with Gasteiger partial charge in [0.25, 0.3) is 0 Å². The highest BCUT2D eigenvalue weighted by Gasteiger charge is 2.17. The van der Waals surface area contributed by atoms with Crippen molar-refractivity contribution in [3.05, 3.63) is 11.6 Å². The molecule has 0 bridgehead atoms. The predicted octanol–water partition coefficient (Wildman–Crippen LogP) is 4.19. The minimum absolute atomic E-state index is 0.461. The largest absolute Gasteiger partial charge is 0.314 e. The van der Waals surface area contributed by atoms with Crippen molar-refractivity contribution >= 4 is 11.6 Å². The van der Waals surface area contributed by atoms with Crippen LogP contribution >= 0.6 is 11.6 Å². The Morgan fingerprint density at radius 2 is 1.84 bits per heavy atom. The molecule has 1 saturated carbocycles. The van der Waals surface area contributed by atoms with E-state index in [1.165, 1.54) is 38.5 Å². The van der Waals surface area contributed by atoms with Crippen LogP contribution in [0.4, 0.5) is 0 Å². The third kappa shape index (κ3) is 4.20. The first-order valence-electron chi connectivity index (χ1n) is 7.67. The fourth-order valence-electron chi connectivity index (χ4n) is 3.04. The molecule has 2 rings (SSSR count). The van der Waals surface area contributed by atoms with Crippen LogP contribution in [0.3, 0.4) is 0 Å². The van der Waals surface area contributed by atoms with E-state index in [1.807, 2.05) is 0 Å². The molecule has 108 valence electrons. The van der Waals surface area contributed by atoms with Gasteiger partial charge in [0, 0.05) is 13.0 Å². The quantitative estimate of drug-likeness (QED) is 0.733. The van der Waals surface area contributed by atoms with Crippen molar-refractivity contribution in [1.29, 1.82) is 0 Å². The normalized spacial score (nSPS) is 17.3. The van der Waals surface area contributed by atoms with E-state index < -0.39 is 0 Å². The molecule has 1 heterocycles. The summed E-state index contributed by atoms with van der Waals surface area (Å²) in [4.78, 5) is 0. The second-order valence-electron chi connectivity index (χ2n) is 6.21. The maximum absolute atomic E-state index is 5.95. The van der Waals surface area contributed by atoms with Crippen LogP contribution in [0.25, 0.3) is 0 Å². The highest BCUT2D eigenvalue weighted by molar-refractivity contribution is 6.16. The molecule has 0 amide bonds. The van der Waals surface area contributed by atoms with E-state index in [-0.39, 0.29) is 0 Å². The van der Waals surface area contributed by atoms with Gasteiger partial charge in [-0.2, -0.15) is 0 Å². The summed E-state index contributed by atoms with van der Waals surface area (Å²) in [7, 11) is 0. The van der Waals surface area contributed by atoms with Crippen LogP contribution in [-0.4, -0.2) is 14.8 Å². The lowest BCUT2D eigenvalue weighted by Crippen LogP contribution is -2.13. The van der Waals surface area contributed by atoms with Gasteiger partial charge < -0.3 is 4.57 Å². The zero-order valence-electron chi connectivity index (χ0n) is 12.2. The number of rotatable bonds is 6. The third-order valence-electron chi connectivity index (χ3n) is 4.07. The third-order valence-corrected chi connectivity index (χ3v) is 4.31. The molecule has 3 nitrogen and oxygen atoms in total. The zero-order chi connectivity index (χ0) is 13.7. The van der Waals surface area contributed by atoms with Gasteiger partial charge in [-0.15, -0.1) is 21.8 Å². The Morgan fingerprint density at radius 1 is 1.16 bits per heavy atom. The smallest absolute Gasteiger partial charge is 0.147 e. The molecule has 0 unspecified atom stereocenters. The number of alkyl halides is 1. The Kier molecular flexibility index (Phi) is 5.68. The Morgan fingerprint density at radius 3 is 2.47 bits per heavy atom. The number of halogens is 1. The van der Waals surface area contributed by atoms with Crippen LogP contribution in [-0.2, 0) is 18.8 Å². The van der Waals surface area contributed by atoms with Gasteiger partial charge in [0.05, 0.1) is 5.88 Å². The lowest BCUT2D eigenvalue weighted by molar-refractivity contribution is 0.335. The molecule has 1 aromatic heterocycles. The number of aromatic nitrogens is 3. The Labute approximate surface area is 121 Å². The fourth-order valence-corrected chi connectivity index (χ4v) is 3.24. The first-order valence-corrected chi connectivity index (χ1v) is 8.21. The topological polar surface area (TPSA) is 30.7 Å². The highest BCUT2D eigenvalue weighted by Crippen LogP contribution is 2.27. The van der Waals surface area contributed by atoms with Gasteiger partial charge in [-0.05, 0) is 18.3 Å². The average molecular weight is 284 g/mol. The van der Waals surface area contributed by atoms with Crippen LogP contribution < -0.4 is 0 Å². The molecule has 0 radical (unpaired) electrons. The maximum Gasteiger partial charge on any atom is 0.147 e. The molecule has 0 saturated heterocycles. The van der Waals surface area contributed by atoms with Gasteiger partial charge in [0.2, 0.25) is 0 Å². The minimum atomic E-state index is 0.461. The molecule has 1 aliphatic rings. The van der Waals surface area contributed by atoms with Crippen molar-refractivity contribution in [2.24, 2.45) is 11.8 Å². The van der Waals surface area contributed by atoms with Crippen molar-refractivity contribution in [3.8, 4) is 0 Å². The Hall–Kier alpha value is -0.570. The average Bonchev–Trinajstić information content (AvgIpc) is 2.79. The first kappa shape index (κ1) is 14.8. The van der Waals surface area contributed by atoms with Crippen LogP contribution in [0, 0.1) is 11.8 Å². The van der Waals surface area contributed by atoms with Crippen molar-refractivity contribution < 1.29 is 0 Å². The second kappa shape index (κ2) is 7.28. The van der Waals surface area contributed by atoms with Gasteiger partial charge in [-0.1, -0.05) is 46.0 Å². The highest BCUT2D eigenvalue weighted by atomic mass is 35.5. The van der Waals surface area contributed by atoms with E-state index in [1.54, 1.807) is 0 Å². The van der Waals surface area contributed by atoms with Crippen molar-refractivity contribution in [3.63, 3.8) is 0 Å². The van der Waals surface area contributed by atoms with Crippen molar-refractivity contribution in [2.75, 3.05) is 0 Å². The van der Waals surface area contributed by atoms with E-state index in [0.29, 0.717) is 11.8 Å². The number of aryl methyl sites for hydroxylation is 1. The van der Waals surface area contributed by atoms with Crippen LogP contribution in [0.1, 0.15) is 64.0 Å². The first-order chi connectivity index (χ1) is 9.20. The molecule has 19 heavy (non-hydrogen) atoms. The molecule has 1 fully saturated rings. The molecule has 4 heteroatoms. The summed E-state index contributed by atoms with van der Waals surface area (Å²) in [6.45, 7) is 5.43. The number of nitrogens with zero attached hydrogens (tertiary/aromatic N) is 3. The van der Waals surface area contributed by atoms with Crippen LogP contribution in [0.15, 0.2) is 0 Å². The van der Waals surface area contributed by atoms with E-state index in [9.17, 15) is 0 Å². The zero-order valence-corrected chi connectivity index (χ0v) is 13.0. The summed E-state index contributed by atoms with van der Waals surface area (Å²) in [5.74, 6) is 4.02. The molecule has 0 aromatic carbocycles. The van der Waals surface area contributed by atoms with Crippen molar-refractivity contribution in [1.82, 2.24) is 14.8 Å². The van der Waals surface area contributed by atoms with Gasteiger partial charge in [0.1, 0.15) is 11.6 Å². The van der Waals surface area contributed by atoms with E-state index in [0.717, 1.165) is 30.5 Å². The number of hydrogen-bond donors (Lipinski definition) is 0. The van der Waals surface area contributed by atoms with Gasteiger partial charge >= 0.3 is 0 Å². The monoisotopic (exact) mass is 283 g/mol. The van der Waals surface area contributed by atoms with Crippen LogP contribution in [0.5, 0.6) is 0 Å². The van der Waals surface area contributed by atoms with E-state index >= 15 is 0 Å². The van der Waals surface area contributed by atoms with Crippen molar-refractivity contribution in [2.45, 2.75) is 71.2 Å². The standard InChI is InChI=1S/C15H26ClN3/c1-12(2)11-19-14(17-18-15(19)10-16)9-8-13-6-4-3-5-7-13/h12-13H,3-11H2,1-2H3. The lowest BCUT2D eigenvalue weighted by Gasteiger charge is -2.21. The van der Waals surface area contributed by atoms with Gasteiger partial charge in [-0.3, -0.25) is 0 Å². The molecule has 1 aromatic rings. The lowest BCUT2D eigenvalue weighted by atomic mass is 9.86. The molecule has 0 N–H and O–H groups in total. The molecule has 1 aliphatic carbocycles. The molecule has 0 aliphatic heterocycles. The Balaban J connectivity index is 1.96. The van der Waals surface area contributed by atoms with Crippen LogP contribution in [0.2, 0.25) is 0 Å². The predicted molar refractivity (Wildman–Crippen MR) is 79.3 cm³/mol. The maximum atomic E-state index is 5.95. The number of hydrogen-bond acceptors (Lipinski definition) is 2. The second-order valence-corrected chi connectivity index (χ2v) is 6.48. The fraction of sp³-hybridized carbons (Fsp3) is 0.867. The SMILES string of the molecule is CC(C)Cn1c(CCl)nnc1CCC1CCCCC1.